The van der Waals surface area contributed by atoms with Gasteiger partial charge >= 0.3 is 0 Å². The predicted octanol–water partition coefficient (Wildman–Crippen LogP) is 3.43. The zero-order valence-electron chi connectivity index (χ0n) is 11.6. The molecule has 3 nitrogen and oxygen atoms in total. The number of nitrogens with zero attached hydrogens (tertiary/aromatic N) is 2. The van der Waals surface area contributed by atoms with Crippen LogP contribution in [0.4, 0.5) is 0 Å². The van der Waals surface area contributed by atoms with Gasteiger partial charge in [-0.3, -0.25) is 0 Å². The quantitative estimate of drug-likeness (QED) is 0.780. The van der Waals surface area contributed by atoms with Crippen LogP contribution in [-0.2, 0) is 13.0 Å². The van der Waals surface area contributed by atoms with Crippen LogP contribution in [0.5, 0.6) is 0 Å². The second-order valence-corrected chi connectivity index (χ2v) is 6.14. The fourth-order valence-electron chi connectivity index (χ4n) is 2.48. The monoisotopic (exact) mass is 285 g/mol. The van der Waals surface area contributed by atoms with E-state index in [2.05, 4.69) is 46.3 Å². The van der Waals surface area contributed by atoms with Crippen LogP contribution in [0.15, 0.2) is 42.0 Å². The van der Waals surface area contributed by atoms with Crippen molar-refractivity contribution in [1.29, 1.82) is 0 Å². The molecule has 0 aromatic carbocycles. The molecule has 0 bridgehead atoms. The Bertz CT molecular complexity index is 685. The Morgan fingerprint density at radius 2 is 2.25 bits per heavy atom. The van der Waals surface area contributed by atoms with Crippen LogP contribution in [0.25, 0.3) is 11.0 Å². The predicted molar refractivity (Wildman–Crippen MR) is 85.1 cm³/mol. The standard InChI is InChI=1S/C16H19N3S/c1-2-13(17)9-12-10-19(11-14-5-4-8-20-14)16-15(12)6-3-7-18-16/h3-8,10,13H,2,9,11,17H2,1H3. The lowest BCUT2D eigenvalue weighted by atomic mass is 10.1. The molecule has 4 heteroatoms. The highest BCUT2D eigenvalue weighted by atomic mass is 32.1. The molecule has 104 valence electrons. The van der Waals surface area contributed by atoms with E-state index >= 15 is 0 Å². The Morgan fingerprint density at radius 1 is 1.35 bits per heavy atom. The van der Waals surface area contributed by atoms with Crippen LogP contribution in [0, 0.1) is 0 Å². The van der Waals surface area contributed by atoms with Gasteiger partial charge in [-0.25, -0.2) is 4.98 Å². The van der Waals surface area contributed by atoms with Crippen LogP contribution >= 0.6 is 11.3 Å². The molecule has 0 aliphatic rings. The average Bonchev–Trinajstić information content (AvgIpc) is 3.09. The van der Waals surface area contributed by atoms with E-state index in [9.17, 15) is 0 Å². The van der Waals surface area contributed by atoms with Crippen molar-refractivity contribution in [3.05, 3.63) is 52.5 Å². The van der Waals surface area contributed by atoms with Gasteiger partial charge in [0.05, 0.1) is 6.54 Å². The third-order valence-corrected chi connectivity index (χ3v) is 4.49. The van der Waals surface area contributed by atoms with Gasteiger partial charge in [0.25, 0.3) is 0 Å². The summed E-state index contributed by atoms with van der Waals surface area (Å²) in [6.07, 6.45) is 5.98. The number of hydrogen-bond acceptors (Lipinski definition) is 3. The summed E-state index contributed by atoms with van der Waals surface area (Å²) in [5.74, 6) is 0. The highest BCUT2D eigenvalue weighted by molar-refractivity contribution is 7.09. The Hall–Kier alpha value is -1.65. The number of thiophene rings is 1. The maximum absolute atomic E-state index is 6.11. The highest BCUT2D eigenvalue weighted by Gasteiger charge is 2.12. The first-order valence-corrected chi connectivity index (χ1v) is 7.86. The number of fused-ring (bicyclic) bond motifs is 1. The lowest BCUT2D eigenvalue weighted by Crippen LogP contribution is -2.21. The highest BCUT2D eigenvalue weighted by Crippen LogP contribution is 2.23. The zero-order chi connectivity index (χ0) is 13.9. The van der Waals surface area contributed by atoms with Gasteiger partial charge in [0.1, 0.15) is 5.65 Å². The van der Waals surface area contributed by atoms with Crippen LogP contribution in [-0.4, -0.2) is 15.6 Å². The normalized spacial score (nSPS) is 12.9. The number of hydrogen-bond donors (Lipinski definition) is 1. The molecule has 0 radical (unpaired) electrons. The molecule has 3 rings (SSSR count). The summed E-state index contributed by atoms with van der Waals surface area (Å²) in [5, 5.41) is 3.34. The van der Waals surface area contributed by atoms with Gasteiger partial charge in [0.2, 0.25) is 0 Å². The first-order valence-electron chi connectivity index (χ1n) is 6.98. The molecule has 2 N–H and O–H groups in total. The summed E-state index contributed by atoms with van der Waals surface area (Å²) >= 11 is 1.78. The molecule has 0 aliphatic carbocycles. The lowest BCUT2D eigenvalue weighted by Gasteiger charge is -2.06. The third-order valence-electron chi connectivity index (χ3n) is 3.63. The SMILES string of the molecule is CCC(N)Cc1cn(Cc2cccs2)c2ncccc12. The van der Waals surface area contributed by atoms with Crippen LogP contribution in [0.1, 0.15) is 23.8 Å². The van der Waals surface area contributed by atoms with E-state index in [1.54, 1.807) is 11.3 Å². The summed E-state index contributed by atoms with van der Waals surface area (Å²) in [7, 11) is 0. The van der Waals surface area contributed by atoms with Gasteiger partial charge in [0.15, 0.2) is 0 Å². The Morgan fingerprint density at radius 3 is 3.00 bits per heavy atom. The number of rotatable bonds is 5. The molecule has 3 aromatic heterocycles. The van der Waals surface area contributed by atoms with Crippen molar-refractivity contribution in [2.75, 3.05) is 0 Å². The summed E-state index contributed by atoms with van der Waals surface area (Å²) in [5.41, 5.74) is 8.47. The van der Waals surface area contributed by atoms with Gasteiger partial charge in [-0.1, -0.05) is 13.0 Å². The van der Waals surface area contributed by atoms with Gasteiger partial charge in [-0.2, -0.15) is 0 Å². The van der Waals surface area contributed by atoms with Crippen molar-refractivity contribution in [2.45, 2.75) is 32.4 Å². The lowest BCUT2D eigenvalue weighted by molar-refractivity contribution is 0.646. The molecular weight excluding hydrogens is 266 g/mol. The minimum atomic E-state index is 0.219. The molecule has 0 saturated heterocycles. The fourth-order valence-corrected chi connectivity index (χ4v) is 3.18. The van der Waals surface area contributed by atoms with E-state index in [1.165, 1.54) is 15.8 Å². The van der Waals surface area contributed by atoms with Gasteiger partial charge in [-0.05, 0) is 42.0 Å². The molecular formula is C16H19N3S. The smallest absolute Gasteiger partial charge is 0.140 e. The minimum Gasteiger partial charge on any atom is -0.327 e. The van der Waals surface area contributed by atoms with E-state index in [0.717, 1.165) is 25.0 Å². The first kappa shape index (κ1) is 13.3. The van der Waals surface area contributed by atoms with Crippen molar-refractivity contribution >= 4 is 22.4 Å². The number of aromatic nitrogens is 2. The maximum Gasteiger partial charge on any atom is 0.140 e. The van der Waals surface area contributed by atoms with E-state index in [-0.39, 0.29) is 6.04 Å². The van der Waals surface area contributed by atoms with Crippen molar-refractivity contribution in [3.63, 3.8) is 0 Å². The summed E-state index contributed by atoms with van der Waals surface area (Å²) in [6.45, 7) is 3.01. The summed E-state index contributed by atoms with van der Waals surface area (Å²) in [6, 6.07) is 8.62. The van der Waals surface area contributed by atoms with Gasteiger partial charge in [-0.15, -0.1) is 11.3 Å². The Labute approximate surface area is 123 Å². The Balaban J connectivity index is 1.99. The van der Waals surface area contributed by atoms with E-state index < -0.39 is 0 Å². The molecule has 20 heavy (non-hydrogen) atoms. The molecule has 0 aliphatic heterocycles. The molecule has 0 fully saturated rings. The van der Waals surface area contributed by atoms with E-state index in [1.807, 2.05) is 12.3 Å². The zero-order valence-corrected chi connectivity index (χ0v) is 12.4. The van der Waals surface area contributed by atoms with E-state index in [0.29, 0.717) is 0 Å². The molecule has 1 unspecified atom stereocenters. The summed E-state index contributed by atoms with van der Waals surface area (Å²) < 4.78 is 2.24. The minimum absolute atomic E-state index is 0.219. The Kier molecular flexibility index (Phi) is 3.85. The summed E-state index contributed by atoms with van der Waals surface area (Å²) in [4.78, 5) is 5.89. The first-order chi connectivity index (χ1) is 9.78. The fraction of sp³-hybridized carbons (Fsp3) is 0.312. The third kappa shape index (κ3) is 2.62. The second kappa shape index (κ2) is 5.77. The van der Waals surface area contributed by atoms with Crippen LogP contribution < -0.4 is 5.73 Å². The number of pyridine rings is 1. The molecule has 3 aromatic rings. The second-order valence-electron chi connectivity index (χ2n) is 5.11. The van der Waals surface area contributed by atoms with Crippen LogP contribution in [0.3, 0.4) is 0 Å². The van der Waals surface area contributed by atoms with Crippen molar-refractivity contribution in [1.82, 2.24) is 9.55 Å². The van der Waals surface area contributed by atoms with Gasteiger partial charge in [0, 0.05) is 28.7 Å². The van der Waals surface area contributed by atoms with Gasteiger partial charge < -0.3 is 10.3 Å². The largest absolute Gasteiger partial charge is 0.327 e. The molecule has 0 amide bonds. The van der Waals surface area contributed by atoms with Crippen molar-refractivity contribution in [3.8, 4) is 0 Å². The number of nitrogens with two attached hydrogens (primary N) is 1. The topological polar surface area (TPSA) is 43.8 Å². The maximum atomic E-state index is 6.11. The molecule has 0 saturated carbocycles. The average molecular weight is 285 g/mol. The molecule has 1 atom stereocenters. The van der Waals surface area contributed by atoms with Crippen molar-refractivity contribution in [2.24, 2.45) is 5.73 Å². The van der Waals surface area contributed by atoms with Crippen molar-refractivity contribution < 1.29 is 0 Å². The van der Waals surface area contributed by atoms with E-state index in [4.69, 9.17) is 5.73 Å². The molecule has 0 spiro atoms. The van der Waals surface area contributed by atoms with Crippen LogP contribution in [0.2, 0.25) is 0 Å². The molecule has 3 heterocycles.